The fraction of sp³-hybridized carbons (Fsp3) is 0.163. The minimum atomic E-state index is -5.19. The number of unbranched alkanes of at least 4 members (excludes halogenated alkanes) is 1. The number of amides is 2. The van der Waals surface area contributed by atoms with Crippen LogP contribution in [0.3, 0.4) is 0 Å². The molecular formula is C49H42F3N3O7S. The van der Waals surface area contributed by atoms with Crippen molar-refractivity contribution < 1.29 is 45.4 Å². The van der Waals surface area contributed by atoms with Crippen molar-refractivity contribution in [3.63, 3.8) is 0 Å². The number of alkyl halides is 3. The molecule has 0 aliphatic heterocycles. The first-order valence-corrected chi connectivity index (χ1v) is 21.5. The number of ketones is 1. The summed E-state index contributed by atoms with van der Waals surface area (Å²) >= 11 is 0. The molecule has 1 aromatic heterocycles. The second-order valence-corrected chi connectivity index (χ2v) is 16.5. The average Bonchev–Trinajstić information content (AvgIpc) is 3.58. The number of hydrogen-bond donors (Lipinski definition) is 2. The van der Waals surface area contributed by atoms with Gasteiger partial charge in [-0.25, -0.2) is 13.1 Å². The third kappa shape index (κ3) is 10.6. The van der Waals surface area contributed by atoms with Gasteiger partial charge in [0.1, 0.15) is 24.7 Å². The lowest BCUT2D eigenvalue weighted by Gasteiger charge is -2.17. The highest BCUT2D eigenvalue weighted by Gasteiger charge is 2.47. The molecule has 7 rings (SSSR count). The quantitative estimate of drug-likeness (QED) is 0.0498. The van der Waals surface area contributed by atoms with Crippen LogP contribution in [0, 0.1) is 0 Å². The van der Waals surface area contributed by atoms with Crippen LogP contribution >= 0.6 is 0 Å². The molecule has 0 saturated heterocycles. The van der Waals surface area contributed by atoms with Gasteiger partial charge in [-0.2, -0.15) is 13.2 Å². The molecule has 0 spiro atoms. The summed E-state index contributed by atoms with van der Waals surface area (Å²) in [6.45, 7) is 3.71. The lowest BCUT2D eigenvalue weighted by molar-refractivity contribution is -0.121. The van der Waals surface area contributed by atoms with Gasteiger partial charge in [-0.3, -0.25) is 14.4 Å². The zero-order valence-electron chi connectivity index (χ0n) is 33.8. The first-order valence-electron chi connectivity index (χ1n) is 20.0. The Morgan fingerprint density at radius 1 is 0.714 bits per heavy atom. The Balaban J connectivity index is 1.12. The maximum Gasteiger partial charge on any atom is 0.410 e. The van der Waals surface area contributed by atoms with Crippen LogP contribution in [-0.2, 0) is 34.6 Å². The number of nitrogens with one attached hydrogen (secondary N) is 2. The number of nitrogens with zero attached hydrogens (tertiary/aromatic N) is 1. The topological polar surface area (TPSA) is 133 Å². The Labute approximate surface area is 362 Å². The molecule has 0 fully saturated rings. The summed E-state index contributed by atoms with van der Waals surface area (Å²) in [4.78, 5) is 40.3. The lowest BCUT2D eigenvalue weighted by Crippen LogP contribution is -2.44. The largest absolute Gasteiger partial charge is 0.489 e. The summed E-state index contributed by atoms with van der Waals surface area (Å²) in [6.07, 6.45) is -4.06. The maximum atomic E-state index is 14.5. The van der Waals surface area contributed by atoms with E-state index in [1.165, 1.54) is 22.9 Å². The molecule has 0 aliphatic rings. The summed E-state index contributed by atoms with van der Waals surface area (Å²) < 4.78 is 80.5. The minimum Gasteiger partial charge on any atom is -0.489 e. The molecule has 0 radical (unpaired) electrons. The predicted octanol–water partition coefficient (Wildman–Crippen LogP) is 10.2. The maximum absolute atomic E-state index is 14.5. The first-order chi connectivity index (χ1) is 30.3. The Morgan fingerprint density at radius 2 is 1.37 bits per heavy atom. The van der Waals surface area contributed by atoms with Gasteiger partial charge in [-0.15, -0.1) is 6.58 Å². The molecule has 63 heavy (non-hydrogen) atoms. The fourth-order valence-corrected chi connectivity index (χ4v) is 8.33. The second kappa shape index (κ2) is 19.2. The zero-order valence-corrected chi connectivity index (χ0v) is 34.6. The first kappa shape index (κ1) is 43.9. The number of benzene rings is 6. The van der Waals surface area contributed by atoms with Crippen LogP contribution in [0.5, 0.6) is 11.5 Å². The zero-order chi connectivity index (χ0) is 44.6. The van der Waals surface area contributed by atoms with Crippen molar-refractivity contribution in [3.05, 3.63) is 186 Å². The summed E-state index contributed by atoms with van der Waals surface area (Å²) in [6, 6.07) is 43.3. The van der Waals surface area contributed by atoms with Crippen LogP contribution < -0.4 is 19.5 Å². The molecule has 322 valence electrons. The third-order valence-corrected chi connectivity index (χ3v) is 11.9. The lowest BCUT2D eigenvalue weighted by atomic mass is 10.00. The number of sulfonamides is 1. The van der Waals surface area contributed by atoms with E-state index >= 15 is 0 Å². The Bertz CT molecular complexity index is 2900. The predicted molar refractivity (Wildman–Crippen MR) is 236 cm³/mol. The van der Waals surface area contributed by atoms with Crippen LogP contribution in [0.15, 0.2) is 158 Å². The SMILES string of the molecule is C=CC(C(F)(F)F)S(=O)(=O)NC(=O)c1cccc(NC(=O)CCCCn2c(COc3ccc4ccccc4c3)c(C(=O)c3ccccc3)c3cc(OCc4ccccc4)ccc32)c1. The van der Waals surface area contributed by atoms with E-state index in [0.29, 0.717) is 59.7 Å². The van der Waals surface area contributed by atoms with E-state index in [4.69, 9.17) is 9.47 Å². The molecule has 1 unspecified atom stereocenters. The molecule has 14 heteroatoms. The van der Waals surface area contributed by atoms with E-state index < -0.39 is 33.3 Å². The van der Waals surface area contributed by atoms with Gasteiger partial charge in [0, 0.05) is 40.7 Å². The summed E-state index contributed by atoms with van der Waals surface area (Å²) in [7, 11) is -5.19. The molecule has 10 nitrogen and oxygen atoms in total. The molecule has 2 amide bonds. The highest BCUT2D eigenvalue weighted by molar-refractivity contribution is 7.90. The van der Waals surface area contributed by atoms with Crippen molar-refractivity contribution in [2.75, 3.05) is 5.32 Å². The Kier molecular flexibility index (Phi) is 13.4. The van der Waals surface area contributed by atoms with Gasteiger partial charge in [0.25, 0.3) is 15.9 Å². The van der Waals surface area contributed by atoms with Gasteiger partial charge in [0.15, 0.2) is 11.0 Å². The number of carbonyl (C=O) groups is 3. The monoisotopic (exact) mass is 873 g/mol. The summed E-state index contributed by atoms with van der Waals surface area (Å²) in [5.41, 5.74) is 3.22. The Morgan fingerprint density at radius 3 is 2.10 bits per heavy atom. The van der Waals surface area contributed by atoms with E-state index in [1.807, 2.05) is 114 Å². The van der Waals surface area contributed by atoms with E-state index in [-0.39, 0.29) is 36.1 Å². The smallest absolute Gasteiger partial charge is 0.410 e. The molecule has 1 heterocycles. The van der Waals surface area contributed by atoms with Gasteiger partial charge < -0.3 is 19.4 Å². The third-order valence-electron chi connectivity index (χ3n) is 10.3. The van der Waals surface area contributed by atoms with Crippen LogP contribution in [0.2, 0.25) is 0 Å². The standard InChI is InChI=1S/C49H42F3N3O7S/c1-2-44(49(50,51)52)63(59,60)54-48(58)37-20-13-21-38(28-37)53-45(56)22-11-12-27-55-42-26-25-40(61-31-33-14-5-3-6-15-33)30-41(42)46(47(57)35-17-7-4-8-18-35)43(55)32-62-39-24-23-34-16-9-10-19-36(34)29-39/h2-10,13-21,23-26,28-30,44H,1,11-12,22,27,31-32H2,(H,53,56)(H,54,58). The fourth-order valence-electron chi connectivity index (χ4n) is 7.22. The molecule has 1 atom stereocenters. The number of aryl methyl sites for hydroxylation is 1. The molecule has 0 bridgehead atoms. The van der Waals surface area contributed by atoms with Crippen LogP contribution in [0.25, 0.3) is 21.7 Å². The molecule has 2 N–H and O–H groups in total. The number of carbonyl (C=O) groups excluding carboxylic acids is 3. The van der Waals surface area contributed by atoms with Gasteiger partial charge in [0.2, 0.25) is 5.91 Å². The van der Waals surface area contributed by atoms with Crippen LogP contribution in [-0.4, -0.2) is 42.0 Å². The number of anilines is 1. The summed E-state index contributed by atoms with van der Waals surface area (Å²) in [5, 5.41) is 2.41. The summed E-state index contributed by atoms with van der Waals surface area (Å²) in [5.74, 6) is -0.708. The van der Waals surface area contributed by atoms with Crippen molar-refractivity contribution in [2.24, 2.45) is 0 Å². The van der Waals surface area contributed by atoms with Gasteiger partial charge >= 0.3 is 6.18 Å². The molecular weight excluding hydrogens is 832 g/mol. The van der Waals surface area contributed by atoms with Gasteiger partial charge in [0.05, 0.1) is 11.3 Å². The van der Waals surface area contributed by atoms with Crippen molar-refractivity contribution in [2.45, 2.75) is 50.4 Å². The van der Waals surface area contributed by atoms with E-state index in [2.05, 4.69) is 11.9 Å². The van der Waals surface area contributed by atoms with E-state index in [9.17, 15) is 36.0 Å². The number of hydrogen-bond acceptors (Lipinski definition) is 7. The molecule has 7 aromatic rings. The number of ether oxygens (including phenoxy) is 2. The molecule has 6 aromatic carbocycles. The van der Waals surface area contributed by atoms with Crippen molar-refractivity contribution in [3.8, 4) is 11.5 Å². The normalized spacial score (nSPS) is 12.1. The van der Waals surface area contributed by atoms with Gasteiger partial charge in [-0.1, -0.05) is 103 Å². The van der Waals surface area contributed by atoms with Crippen molar-refractivity contribution in [1.29, 1.82) is 0 Å². The second-order valence-electron chi connectivity index (χ2n) is 14.7. The highest BCUT2D eigenvalue weighted by Crippen LogP contribution is 2.34. The highest BCUT2D eigenvalue weighted by atomic mass is 32.2. The number of aromatic nitrogens is 1. The number of fused-ring (bicyclic) bond motifs is 2. The van der Waals surface area contributed by atoms with E-state index in [0.717, 1.165) is 27.9 Å². The number of rotatable bonds is 18. The van der Waals surface area contributed by atoms with Crippen LogP contribution in [0.1, 0.15) is 56.8 Å². The van der Waals surface area contributed by atoms with E-state index in [1.54, 1.807) is 12.1 Å². The minimum absolute atomic E-state index is 0.0484. The Hall–Kier alpha value is -7.19. The van der Waals surface area contributed by atoms with Crippen molar-refractivity contribution >= 4 is 55.0 Å². The van der Waals surface area contributed by atoms with Gasteiger partial charge in [-0.05, 0) is 77.7 Å². The molecule has 0 aliphatic carbocycles. The molecule has 0 saturated carbocycles. The average molecular weight is 874 g/mol. The van der Waals surface area contributed by atoms with Crippen molar-refractivity contribution in [1.82, 2.24) is 9.29 Å². The van der Waals surface area contributed by atoms with Crippen LogP contribution in [0.4, 0.5) is 18.9 Å². The number of halogens is 3.